The average Bonchev–Trinajstić information content (AvgIpc) is 2.64. The molecule has 0 saturated carbocycles. The van der Waals surface area contributed by atoms with Crippen LogP contribution in [0.1, 0.15) is 24.5 Å². The summed E-state index contributed by atoms with van der Waals surface area (Å²) in [5.74, 6) is -2.75. The van der Waals surface area contributed by atoms with Crippen LogP contribution in [0.3, 0.4) is 0 Å². The first-order valence-corrected chi connectivity index (χ1v) is 8.94. The molecule has 152 valence electrons. The minimum absolute atomic E-state index is 0.0625. The Kier molecular flexibility index (Phi) is 5.68. The van der Waals surface area contributed by atoms with Crippen molar-refractivity contribution in [3.63, 3.8) is 0 Å². The van der Waals surface area contributed by atoms with E-state index < -0.39 is 35.4 Å². The summed E-state index contributed by atoms with van der Waals surface area (Å²) in [6, 6.07) is 12.2. The van der Waals surface area contributed by atoms with Crippen LogP contribution >= 0.6 is 0 Å². The maximum atomic E-state index is 13.8. The molecule has 2 aromatic carbocycles. The van der Waals surface area contributed by atoms with Crippen molar-refractivity contribution >= 4 is 16.7 Å². The Morgan fingerprint density at radius 1 is 1.00 bits per heavy atom. The minimum Gasteiger partial charge on any atom is -0.299 e. The van der Waals surface area contributed by atoms with Crippen molar-refractivity contribution in [3.8, 4) is 0 Å². The van der Waals surface area contributed by atoms with Gasteiger partial charge in [-0.2, -0.15) is 13.2 Å². The Labute approximate surface area is 164 Å². The monoisotopic (exact) mass is 407 g/mol. The minimum atomic E-state index is -4.51. The number of aromatic nitrogens is 1. The summed E-state index contributed by atoms with van der Waals surface area (Å²) in [6.07, 6.45) is -4.93. The van der Waals surface area contributed by atoms with Crippen LogP contribution in [-0.2, 0) is 17.6 Å². The lowest BCUT2D eigenvalue weighted by atomic mass is 9.75. The highest BCUT2D eigenvalue weighted by Crippen LogP contribution is 2.38. The van der Waals surface area contributed by atoms with E-state index in [-0.39, 0.29) is 23.7 Å². The molecule has 0 N–H and O–H groups in total. The molecule has 7 heteroatoms. The van der Waals surface area contributed by atoms with Crippen molar-refractivity contribution in [2.45, 2.75) is 32.4 Å². The van der Waals surface area contributed by atoms with Crippen molar-refractivity contribution in [3.05, 3.63) is 77.5 Å². The number of alkyl halides is 3. The zero-order chi connectivity index (χ0) is 21.2. The van der Waals surface area contributed by atoms with Crippen LogP contribution in [0.25, 0.3) is 10.9 Å². The number of halogens is 5. The third-order valence-corrected chi connectivity index (χ3v) is 4.87. The summed E-state index contributed by atoms with van der Waals surface area (Å²) < 4.78 is 66.7. The number of carbonyl (C=O) groups excluding carboxylic acids is 1. The Hall–Kier alpha value is -2.83. The molecule has 0 aliphatic heterocycles. The van der Waals surface area contributed by atoms with E-state index >= 15 is 0 Å². The van der Waals surface area contributed by atoms with Crippen LogP contribution in [0.2, 0.25) is 0 Å². The molecule has 0 radical (unpaired) electrons. The molecule has 1 aromatic heterocycles. The molecule has 1 unspecified atom stereocenters. The molecule has 3 rings (SSSR count). The number of carbonyl (C=O) groups is 1. The summed E-state index contributed by atoms with van der Waals surface area (Å²) in [7, 11) is 0. The number of hydrogen-bond donors (Lipinski definition) is 0. The van der Waals surface area contributed by atoms with E-state index in [0.717, 1.165) is 6.07 Å². The van der Waals surface area contributed by atoms with Gasteiger partial charge in [-0.3, -0.25) is 9.78 Å². The Bertz CT molecular complexity index is 1030. The molecule has 0 amide bonds. The molecule has 0 aliphatic carbocycles. The highest BCUT2D eigenvalue weighted by atomic mass is 19.4. The van der Waals surface area contributed by atoms with Crippen molar-refractivity contribution in [2.24, 2.45) is 5.41 Å². The molecule has 0 fully saturated rings. The van der Waals surface area contributed by atoms with Gasteiger partial charge in [0.25, 0.3) is 0 Å². The van der Waals surface area contributed by atoms with Gasteiger partial charge in [-0.05, 0) is 35.7 Å². The zero-order valence-corrected chi connectivity index (χ0v) is 15.6. The van der Waals surface area contributed by atoms with Gasteiger partial charge >= 0.3 is 6.18 Å². The van der Waals surface area contributed by atoms with E-state index in [1.54, 1.807) is 30.3 Å². The molecule has 1 heterocycles. The quantitative estimate of drug-likeness (QED) is 0.482. The van der Waals surface area contributed by atoms with Crippen molar-refractivity contribution in [2.75, 3.05) is 0 Å². The van der Waals surface area contributed by atoms with Gasteiger partial charge in [0.05, 0.1) is 6.42 Å². The maximum Gasteiger partial charge on any atom is 0.390 e. The van der Waals surface area contributed by atoms with Crippen LogP contribution in [-0.4, -0.2) is 16.9 Å². The molecule has 2 nitrogen and oxygen atoms in total. The first kappa shape index (κ1) is 20.9. The lowest BCUT2D eigenvalue weighted by molar-refractivity contribution is -0.165. The predicted octanol–water partition coefficient (Wildman–Crippen LogP) is 5.83. The van der Waals surface area contributed by atoms with Crippen LogP contribution in [0.4, 0.5) is 22.0 Å². The molecule has 1 atom stereocenters. The van der Waals surface area contributed by atoms with E-state index in [4.69, 9.17) is 0 Å². The summed E-state index contributed by atoms with van der Waals surface area (Å²) in [5, 5.41) is 0.273. The topological polar surface area (TPSA) is 30.0 Å². The number of pyridine rings is 1. The summed E-state index contributed by atoms with van der Waals surface area (Å²) in [6.45, 7) is 1.30. The van der Waals surface area contributed by atoms with E-state index in [9.17, 15) is 26.7 Å². The Morgan fingerprint density at radius 2 is 1.69 bits per heavy atom. The Balaban J connectivity index is 1.89. The largest absolute Gasteiger partial charge is 0.390 e. The number of Topliss-reactive ketones (excluding diaryl/α,β-unsaturated/α-hetero) is 1. The molecular weight excluding hydrogens is 389 g/mol. The van der Waals surface area contributed by atoms with Crippen LogP contribution < -0.4 is 0 Å². The number of nitrogens with zero attached hydrogens (tertiary/aromatic N) is 1. The lowest BCUT2D eigenvalue weighted by Crippen LogP contribution is -2.36. The standard InChI is InChI=1S/C22H18F5NO/c1-21(13-22(25,26)27,11-14-5-3-2-4-6-14)18(29)10-15-9-16-7-8-17(23)19(24)20(16)28-12-15/h2-9,12H,10-11,13H2,1H3. The van der Waals surface area contributed by atoms with E-state index in [2.05, 4.69) is 4.98 Å². The van der Waals surface area contributed by atoms with Gasteiger partial charge in [-0.25, -0.2) is 8.78 Å². The maximum absolute atomic E-state index is 13.8. The number of benzene rings is 2. The number of hydrogen-bond acceptors (Lipinski definition) is 2. The van der Waals surface area contributed by atoms with Gasteiger partial charge in [0.15, 0.2) is 11.6 Å². The highest BCUT2D eigenvalue weighted by molar-refractivity contribution is 5.88. The van der Waals surface area contributed by atoms with Crippen LogP contribution in [0.15, 0.2) is 54.7 Å². The van der Waals surface area contributed by atoms with Gasteiger partial charge < -0.3 is 0 Å². The smallest absolute Gasteiger partial charge is 0.299 e. The fourth-order valence-corrected chi connectivity index (χ4v) is 3.43. The van der Waals surface area contributed by atoms with Gasteiger partial charge in [0.2, 0.25) is 0 Å². The second-order valence-corrected chi connectivity index (χ2v) is 7.39. The van der Waals surface area contributed by atoms with Gasteiger partial charge in [-0.15, -0.1) is 0 Å². The van der Waals surface area contributed by atoms with Crippen LogP contribution in [0, 0.1) is 17.0 Å². The van der Waals surface area contributed by atoms with Crippen molar-refractivity contribution < 1.29 is 26.7 Å². The van der Waals surface area contributed by atoms with Gasteiger partial charge in [0.1, 0.15) is 11.3 Å². The second-order valence-electron chi connectivity index (χ2n) is 7.39. The molecule has 0 aliphatic rings. The fraction of sp³-hybridized carbons (Fsp3) is 0.273. The van der Waals surface area contributed by atoms with E-state index in [0.29, 0.717) is 11.1 Å². The number of ketones is 1. The second kappa shape index (κ2) is 7.89. The highest BCUT2D eigenvalue weighted by Gasteiger charge is 2.43. The summed E-state index contributed by atoms with van der Waals surface area (Å²) in [4.78, 5) is 16.8. The number of rotatable bonds is 6. The fourth-order valence-electron chi connectivity index (χ4n) is 3.43. The summed E-state index contributed by atoms with van der Waals surface area (Å²) >= 11 is 0. The number of fused-ring (bicyclic) bond motifs is 1. The molecular formula is C22H18F5NO. The first-order chi connectivity index (χ1) is 13.6. The molecule has 29 heavy (non-hydrogen) atoms. The SMILES string of the molecule is CC(Cc1ccccc1)(CC(F)(F)F)C(=O)Cc1cnc2c(F)c(F)ccc2c1. The molecule has 0 bridgehead atoms. The van der Waals surface area contributed by atoms with E-state index in [1.165, 1.54) is 25.3 Å². The van der Waals surface area contributed by atoms with Crippen molar-refractivity contribution in [1.29, 1.82) is 0 Å². The lowest BCUT2D eigenvalue weighted by Gasteiger charge is -2.29. The first-order valence-electron chi connectivity index (χ1n) is 8.94. The van der Waals surface area contributed by atoms with Gasteiger partial charge in [-0.1, -0.05) is 37.3 Å². The van der Waals surface area contributed by atoms with E-state index in [1.807, 2.05) is 0 Å². The summed E-state index contributed by atoms with van der Waals surface area (Å²) in [5.41, 5.74) is -0.886. The third kappa shape index (κ3) is 4.96. The molecule has 0 spiro atoms. The van der Waals surface area contributed by atoms with Crippen LogP contribution in [0.5, 0.6) is 0 Å². The predicted molar refractivity (Wildman–Crippen MR) is 99.3 cm³/mol. The Morgan fingerprint density at radius 3 is 2.34 bits per heavy atom. The zero-order valence-electron chi connectivity index (χ0n) is 15.6. The average molecular weight is 407 g/mol. The third-order valence-electron chi connectivity index (χ3n) is 4.87. The molecule has 3 aromatic rings. The van der Waals surface area contributed by atoms with Gasteiger partial charge in [0, 0.05) is 23.4 Å². The normalized spacial score (nSPS) is 14.0. The molecule has 0 saturated heterocycles. The van der Waals surface area contributed by atoms with Crippen molar-refractivity contribution in [1.82, 2.24) is 4.98 Å².